The molecule has 0 unspecified atom stereocenters. The van der Waals surface area contributed by atoms with Gasteiger partial charge in [-0.2, -0.15) is 0 Å². The molecule has 0 aliphatic carbocycles. The Morgan fingerprint density at radius 2 is 2.25 bits per heavy atom. The Morgan fingerprint density at radius 1 is 1.75 bits per heavy atom. The molecule has 0 rings (SSSR count). The van der Waals surface area contributed by atoms with Gasteiger partial charge < -0.3 is 10.1 Å². The SMILES string of the molecule is CCC[N-]C(=O)S.[Na+]. The van der Waals surface area contributed by atoms with Crippen LogP contribution in [-0.4, -0.2) is 11.8 Å². The third-order valence-electron chi connectivity index (χ3n) is 0.471. The molecule has 0 fully saturated rings. The number of hydrogen-bond donors (Lipinski definition) is 1. The van der Waals surface area contributed by atoms with Crippen molar-refractivity contribution in [2.45, 2.75) is 13.3 Å². The van der Waals surface area contributed by atoms with Crippen LogP contribution in [-0.2, 0) is 0 Å². The van der Waals surface area contributed by atoms with Crippen molar-refractivity contribution in [1.29, 1.82) is 0 Å². The van der Waals surface area contributed by atoms with Gasteiger partial charge in [0.1, 0.15) is 5.24 Å². The van der Waals surface area contributed by atoms with E-state index in [0.29, 0.717) is 6.54 Å². The van der Waals surface area contributed by atoms with Crippen LogP contribution in [0.4, 0.5) is 4.79 Å². The standard InChI is InChI=1S/C4H9NOS.Na/c1-2-3-5-4(6)7;/h2-3H2,1H3,(H2,5,6,7);/q;+1/p-1. The van der Waals surface area contributed by atoms with Crippen LogP contribution in [0.1, 0.15) is 13.3 Å². The van der Waals surface area contributed by atoms with Crippen molar-refractivity contribution in [3.63, 3.8) is 0 Å². The van der Waals surface area contributed by atoms with Crippen molar-refractivity contribution in [3.05, 3.63) is 5.32 Å². The van der Waals surface area contributed by atoms with E-state index in [2.05, 4.69) is 17.9 Å². The third-order valence-corrected chi connectivity index (χ3v) is 0.612. The average Bonchev–Trinajstić information content (AvgIpc) is 1.61. The summed E-state index contributed by atoms with van der Waals surface area (Å²) in [6.07, 6.45) is 0.909. The van der Waals surface area contributed by atoms with Crippen LogP contribution >= 0.6 is 12.6 Å². The molecular weight excluding hydrogens is 133 g/mol. The van der Waals surface area contributed by atoms with Gasteiger partial charge in [-0.15, -0.1) is 19.2 Å². The molecule has 2 nitrogen and oxygen atoms in total. The van der Waals surface area contributed by atoms with Crippen LogP contribution < -0.4 is 29.6 Å². The number of thiol groups is 1. The molecule has 4 heteroatoms. The van der Waals surface area contributed by atoms with E-state index in [0.717, 1.165) is 6.42 Å². The third kappa shape index (κ3) is 9.94. The zero-order valence-electron chi connectivity index (χ0n) is 5.22. The molecule has 8 heavy (non-hydrogen) atoms. The summed E-state index contributed by atoms with van der Waals surface area (Å²) >= 11 is 3.43. The second-order valence-corrected chi connectivity index (χ2v) is 1.55. The number of nitrogens with zero attached hydrogens (tertiary/aromatic N) is 1. The zero-order chi connectivity index (χ0) is 5.70. The minimum absolute atomic E-state index is 0. The normalized spacial score (nSPS) is 7.25. The number of carbonyl (C=O) groups is 1. The van der Waals surface area contributed by atoms with Gasteiger partial charge >= 0.3 is 29.6 Å². The summed E-state index contributed by atoms with van der Waals surface area (Å²) in [5, 5.41) is 3.10. The molecule has 42 valence electrons. The minimum Gasteiger partial charge on any atom is -0.644 e. The van der Waals surface area contributed by atoms with Crippen molar-refractivity contribution in [1.82, 2.24) is 0 Å². The van der Waals surface area contributed by atoms with E-state index in [1.807, 2.05) is 6.92 Å². The Hall–Kier alpha value is 0.820. The Balaban J connectivity index is 0. The van der Waals surface area contributed by atoms with Gasteiger partial charge in [0.15, 0.2) is 0 Å². The van der Waals surface area contributed by atoms with E-state index >= 15 is 0 Å². The molecule has 0 N–H and O–H groups in total. The first-order valence-electron chi connectivity index (χ1n) is 2.17. The van der Waals surface area contributed by atoms with Crippen molar-refractivity contribution < 1.29 is 34.4 Å². The number of rotatable bonds is 2. The van der Waals surface area contributed by atoms with Gasteiger partial charge in [-0.05, 0) is 0 Å². The fourth-order valence-electron chi connectivity index (χ4n) is 0.207. The topological polar surface area (TPSA) is 31.2 Å². The van der Waals surface area contributed by atoms with Crippen LogP contribution in [0, 0.1) is 0 Å². The largest absolute Gasteiger partial charge is 1.00 e. The first kappa shape index (κ1) is 11.6. The predicted octanol–water partition coefficient (Wildman–Crippen LogP) is -1.18. The van der Waals surface area contributed by atoms with E-state index in [-0.39, 0.29) is 34.8 Å². The summed E-state index contributed by atoms with van der Waals surface area (Å²) in [7, 11) is 0. The van der Waals surface area contributed by atoms with Gasteiger partial charge in [-0.1, -0.05) is 13.3 Å². The first-order chi connectivity index (χ1) is 3.27. The summed E-state index contributed by atoms with van der Waals surface area (Å²) in [6.45, 7) is 2.56. The first-order valence-corrected chi connectivity index (χ1v) is 2.62. The molecule has 0 bridgehead atoms. The molecule has 0 aliphatic rings. The van der Waals surface area contributed by atoms with Gasteiger partial charge in [-0.3, -0.25) is 0 Å². The number of hydrogen-bond acceptors (Lipinski definition) is 1. The molecule has 0 heterocycles. The summed E-state index contributed by atoms with van der Waals surface area (Å²) in [5.74, 6) is 0. The molecule has 0 saturated carbocycles. The molecule has 1 amide bonds. The van der Waals surface area contributed by atoms with Crippen LogP contribution in [0.25, 0.3) is 5.32 Å². The van der Waals surface area contributed by atoms with E-state index in [9.17, 15) is 4.79 Å². The molecule has 0 aliphatic heterocycles. The maximum Gasteiger partial charge on any atom is 1.00 e. The number of amides is 1. The Kier molecular flexibility index (Phi) is 11.3. The van der Waals surface area contributed by atoms with E-state index < -0.39 is 0 Å². The molecule has 0 aromatic carbocycles. The molecular formula is C4H8NNaOS. The van der Waals surface area contributed by atoms with Gasteiger partial charge in [0.25, 0.3) is 0 Å². The molecule has 0 saturated heterocycles. The fraction of sp³-hybridized carbons (Fsp3) is 0.750. The van der Waals surface area contributed by atoms with Crippen LogP contribution in [0.3, 0.4) is 0 Å². The van der Waals surface area contributed by atoms with E-state index in [1.165, 1.54) is 0 Å². The molecule has 0 radical (unpaired) electrons. The van der Waals surface area contributed by atoms with Crippen molar-refractivity contribution in [3.8, 4) is 0 Å². The average molecular weight is 141 g/mol. The van der Waals surface area contributed by atoms with Crippen molar-refractivity contribution in [2.75, 3.05) is 6.54 Å². The summed E-state index contributed by atoms with van der Waals surface area (Å²) in [4.78, 5) is 9.90. The smallest absolute Gasteiger partial charge is 0.644 e. The maximum absolute atomic E-state index is 9.90. The van der Waals surface area contributed by atoms with Gasteiger partial charge in [0, 0.05) is 0 Å². The Bertz CT molecular complexity index is 69.1. The molecule has 0 aromatic heterocycles. The van der Waals surface area contributed by atoms with Crippen LogP contribution in [0.5, 0.6) is 0 Å². The summed E-state index contributed by atoms with van der Waals surface area (Å²) in [5.41, 5.74) is 0. The minimum atomic E-state index is -0.373. The van der Waals surface area contributed by atoms with Crippen LogP contribution in [0.15, 0.2) is 0 Å². The Labute approximate surface area is 77.1 Å². The van der Waals surface area contributed by atoms with Crippen LogP contribution in [0.2, 0.25) is 0 Å². The number of carbonyl (C=O) groups excluding carboxylic acids is 1. The molecule has 0 atom stereocenters. The van der Waals surface area contributed by atoms with Gasteiger partial charge in [0.2, 0.25) is 0 Å². The molecule has 0 aromatic rings. The summed E-state index contributed by atoms with van der Waals surface area (Å²) in [6, 6.07) is 0. The predicted molar refractivity (Wildman–Crippen MR) is 32.9 cm³/mol. The maximum atomic E-state index is 9.90. The Morgan fingerprint density at radius 3 is 2.38 bits per heavy atom. The zero-order valence-corrected chi connectivity index (χ0v) is 8.11. The van der Waals surface area contributed by atoms with E-state index in [1.54, 1.807) is 0 Å². The van der Waals surface area contributed by atoms with Crippen molar-refractivity contribution >= 4 is 17.9 Å². The second-order valence-electron chi connectivity index (χ2n) is 1.16. The fourth-order valence-corrected chi connectivity index (χ4v) is 0.307. The second kappa shape index (κ2) is 7.82. The van der Waals surface area contributed by atoms with Gasteiger partial charge in [0.05, 0.1) is 0 Å². The monoisotopic (exact) mass is 141 g/mol. The summed E-state index contributed by atoms with van der Waals surface area (Å²) < 4.78 is 0. The van der Waals surface area contributed by atoms with E-state index in [4.69, 9.17) is 0 Å². The van der Waals surface area contributed by atoms with Gasteiger partial charge in [-0.25, -0.2) is 0 Å². The molecule has 0 spiro atoms. The quantitative estimate of drug-likeness (QED) is 0.381. The van der Waals surface area contributed by atoms with Crippen molar-refractivity contribution in [2.24, 2.45) is 0 Å².